The van der Waals surface area contributed by atoms with Crippen molar-refractivity contribution in [2.45, 2.75) is 19.8 Å². The van der Waals surface area contributed by atoms with E-state index in [2.05, 4.69) is 25.9 Å². The minimum absolute atomic E-state index is 0. The summed E-state index contributed by atoms with van der Waals surface area (Å²) in [5, 5.41) is 18.9. The van der Waals surface area contributed by atoms with Gasteiger partial charge in [-0.1, -0.05) is 0 Å². The average molecular weight is 399 g/mol. The van der Waals surface area contributed by atoms with E-state index < -0.39 is 0 Å². The SMILES string of the molecule is Cc1cnn(C)c1-c1ccc(NC(=O)C2CC3CNCC3C2)nn1.Cl.Cl. The van der Waals surface area contributed by atoms with Crippen LogP contribution < -0.4 is 10.6 Å². The number of carbonyl (C=O) groups is 1. The Balaban J connectivity index is 0.00000121. The molecule has 7 nitrogen and oxygen atoms in total. The molecule has 2 unspecified atom stereocenters. The molecule has 2 atom stereocenters. The fourth-order valence-corrected chi connectivity index (χ4v) is 4.05. The summed E-state index contributed by atoms with van der Waals surface area (Å²) in [5.41, 5.74) is 2.75. The second-order valence-electron chi connectivity index (χ2n) is 6.94. The van der Waals surface area contributed by atoms with Crippen LogP contribution in [0.4, 0.5) is 5.82 Å². The van der Waals surface area contributed by atoms with Gasteiger partial charge in [-0.3, -0.25) is 9.48 Å². The molecule has 2 N–H and O–H groups in total. The summed E-state index contributed by atoms with van der Waals surface area (Å²) in [6.45, 7) is 4.09. The van der Waals surface area contributed by atoms with Crippen molar-refractivity contribution in [3.05, 3.63) is 23.9 Å². The molecule has 4 rings (SSSR count). The first-order valence-electron chi connectivity index (χ1n) is 8.46. The van der Waals surface area contributed by atoms with Crippen LogP contribution in [-0.4, -0.2) is 39.0 Å². The zero-order chi connectivity index (χ0) is 16.7. The van der Waals surface area contributed by atoms with Gasteiger partial charge in [0, 0.05) is 13.0 Å². The molecule has 2 aromatic heterocycles. The summed E-state index contributed by atoms with van der Waals surface area (Å²) in [5.74, 6) is 1.99. The van der Waals surface area contributed by atoms with Crippen molar-refractivity contribution in [1.29, 1.82) is 0 Å². The van der Waals surface area contributed by atoms with Gasteiger partial charge in [0.2, 0.25) is 5.91 Å². The van der Waals surface area contributed by atoms with E-state index in [0.717, 1.165) is 42.9 Å². The van der Waals surface area contributed by atoms with Gasteiger partial charge in [-0.05, 0) is 62.4 Å². The highest BCUT2D eigenvalue weighted by Gasteiger charge is 2.40. The monoisotopic (exact) mass is 398 g/mol. The molecule has 0 spiro atoms. The largest absolute Gasteiger partial charge is 0.316 e. The number of carbonyl (C=O) groups excluding carboxylic acids is 1. The van der Waals surface area contributed by atoms with E-state index in [1.807, 2.05) is 26.1 Å². The predicted octanol–water partition coefficient (Wildman–Crippen LogP) is 2.21. The molecule has 1 aliphatic carbocycles. The number of anilines is 1. The lowest BCUT2D eigenvalue weighted by Gasteiger charge is -2.11. The fourth-order valence-electron chi connectivity index (χ4n) is 4.05. The van der Waals surface area contributed by atoms with Gasteiger partial charge in [-0.25, -0.2) is 0 Å². The van der Waals surface area contributed by atoms with Crippen molar-refractivity contribution in [1.82, 2.24) is 25.3 Å². The number of aryl methyl sites for hydroxylation is 2. The van der Waals surface area contributed by atoms with Gasteiger partial charge in [-0.2, -0.15) is 5.10 Å². The van der Waals surface area contributed by atoms with Crippen LogP contribution in [0.1, 0.15) is 18.4 Å². The highest BCUT2D eigenvalue weighted by Crippen LogP contribution is 2.38. The molecule has 1 amide bonds. The van der Waals surface area contributed by atoms with E-state index in [1.165, 1.54) is 0 Å². The summed E-state index contributed by atoms with van der Waals surface area (Å²) < 4.78 is 1.78. The maximum absolute atomic E-state index is 12.5. The number of nitrogens with zero attached hydrogens (tertiary/aromatic N) is 4. The normalized spacial score (nSPS) is 23.7. The average Bonchev–Trinajstić information content (AvgIpc) is 3.24. The molecule has 2 fully saturated rings. The Hall–Kier alpha value is -1.70. The molecule has 26 heavy (non-hydrogen) atoms. The van der Waals surface area contributed by atoms with Crippen LogP contribution in [0.25, 0.3) is 11.4 Å². The second-order valence-corrected chi connectivity index (χ2v) is 6.94. The number of fused-ring (bicyclic) bond motifs is 1. The van der Waals surface area contributed by atoms with Gasteiger partial charge in [0.25, 0.3) is 0 Å². The molecule has 0 radical (unpaired) electrons. The summed E-state index contributed by atoms with van der Waals surface area (Å²) in [6, 6.07) is 3.68. The van der Waals surface area contributed by atoms with Crippen LogP contribution >= 0.6 is 24.8 Å². The molecule has 0 bridgehead atoms. The quantitative estimate of drug-likeness (QED) is 0.827. The Bertz CT molecular complexity index is 732. The van der Waals surface area contributed by atoms with Crippen molar-refractivity contribution in [2.75, 3.05) is 18.4 Å². The molecule has 2 aliphatic rings. The van der Waals surface area contributed by atoms with Crippen LogP contribution in [0.5, 0.6) is 0 Å². The highest BCUT2D eigenvalue weighted by molar-refractivity contribution is 5.91. The minimum atomic E-state index is 0. The van der Waals surface area contributed by atoms with Gasteiger partial charge >= 0.3 is 0 Å². The molecular weight excluding hydrogens is 375 g/mol. The molecule has 1 saturated carbocycles. The Morgan fingerprint density at radius 3 is 2.42 bits per heavy atom. The number of amides is 1. The fraction of sp³-hybridized carbons (Fsp3) is 0.529. The van der Waals surface area contributed by atoms with Gasteiger partial charge in [0.15, 0.2) is 5.82 Å². The zero-order valence-corrected chi connectivity index (χ0v) is 16.4. The minimum Gasteiger partial charge on any atom is -0.316 e. The molecule has 3 heterocycles. The van der Waals surface area contributed by atoms with Crippen molar-refractivity contribution >= 4 is 36.5 Å². The summed E-state index contributed by atoms with van der Waals surface area (Å²) >= 11 is 0. The summed E-state index contributed by atoms with van der Waals surface area (Å²) in [7, 11) is 1.88. The second kappa shape index (κ2) is 8.33. The molecule has 142 valence electrons. The summed E-state index contributed by atoms with van der Waals surface area (Å²) in [6.07, 6.45) is 3.75. The van der Waals surface area contributed by atoms with Gasteiger partial charge < -0.3 is 10.6 Å². The molecule has 1 aliphatic heterocycles. The molecule has 2 aromatic rings. The molecule has 0 aromatic carbocycles. The van der Waals surface area contributed by atoms with Crippen LogP contribution in [0, 0.1) is 24.7 Å². The first kappa shape index (κ1) is 20.6. The van der Waals surface area contributed by atoms with Gasteiger partial charge in [0.1, 0.15) is 5.69 Å². The van der Waals surface area contributed by atoms with Crippen LogP contribution in [0.15, 0.2) is 18.3 Å². The maximum atomic E-state index is 12.5. The Labute approximate surface area is 165 Å². The van der Waals surface area contributed by atoms with E-state index in [4.69, 9.17) is 0 Å². The van der Waals surface area contributed by atoms with E-state index >= 15 is 0 Å². The van der Waals surface area contributed by atoms with E-state index in [1.54, 1.807) is 10.9 Å². The number of aromatic nitrogens is 4. The lowest BCUT2D eigenvalue weighted by molar-refractivity contribution is -0.119. The smallest absolute Gasteiger partial charge is 0.228 e. The highest BCUT2D eigenvalue weighted by atomic mass is 35.5. The van der Waals surface area contributed by atoms with E-state index in [-0.39, 0.29) is 36.6 Å². The standard InChI is InChI=1S/C17H22N6O.2ClH/c1-10-7-19-23(2)16(10)14-3-4-15(22-21-14)20-17(24)11-5-12-8-18-9-13(12)6-11;;/h3-4,7,11-13,18H,5-6,8-9H2,1-2H3,(H,20,22,24);2*1H. The van der Waals surface area contributed by atoms with E-state index in [0.29, 0.717) is 17.7 Å². The van der Waals surface area contributed by atoms with Gasteiger partial charge in [0.05, 0.1) is 11.9 Å². The number of nitrogens with one attached hydrogen (secondary N) is 2. The Morgan fingerprint density at radius 1 is 1.19 bits per heavy atom. The maximum Gasteiger partial charge on any atom is 0.228 e. The zero-order valence-electron chi connectivity index (χ0n) is 14.8. The molecule has 1 saturated heterocycles. The third kappa shape index (κ3) is 3.84. The van der Waals surface area contributed by atoms with Crippen LogP contribution in [-0.2, 0) is 11.8 Å². The number of hydrogen-bond donors (Lipinski definition) is 2. The lowest BCUT2D eigenvalue weighted by atomic mass is 10.0. The third-order valence-corrected chi connectivity index (χ3v) is 5.31. The summed E-state index contributed by atoms with van der Waals surface area (Å²) in [4.78, 5) is 12.5. The van der Waals surface area contributed by atoms with Crippen molar-refractivity contribution in [3.8, 4) is 11.4 Å². The van der Waals surface area contributed by atoms with Gasteiger partial charge in [-0.15, -0.1) is 35.0 Å². The first-order chi connectivity index (χ1) is 11.6. The molecule has 9 heteroatoms. The van der Waals surface area contributed by atoms with Crippen molar-refractivity contribution in [2.24, 2.45) is 24.8 Å². The van der Waals surface area contributed by atoms with Crippen LogP contribution in [0.2, 0.25) is 0 Å². The Morgan fingerprint density at radius 2 is 1.88 bits per heavy atom. The van der Waals surface area contributed by atoms with E-state index in [9.17, 15) is 4.79 Å². The predicted molar refractivity (Wildman–Crippen MR) is 105 cm³/mol. The molecular formula is C17H24Cl2N6O. The van der Waals surface area contributed by atoms with Crippen molar-refractivity contribution in [3.63, 3.8) is 0 Å². The topological polar surface area (TPSA) is 84.7 Å². The number of hydrogen-bond acceptors (Lipinski definition) is 5. The van der Waals surface area contributed by atoms with Crippen LogP contribution in [0.3, 0.4) is 0 Å². The number of halogens is 2. The van der Waals surface area contributed by atoms with Crippen molar-refractivity contribution < 1.29 is 4.79 Å². The lowest BCUT2D eigenvalue weighted by Crippen LogP contribution is -2.23. The number of rotatable bonds is 3. The Kier molecular flexibility index (Phi) is 6.60. The third-order valence-electron chi connectivity index (χ3n) is 5.31. The first-order valence-corrected chi connectivity index (χ1v) is 8.46.